The number of likely N-dealkylation sites (tertiary alicyclic amines) is 1. The van der Waals surface area contributed by atoms with E-state index in [4.69, 9.17) is 9.47 Å². The molecule has 96 valence electrons. The van der Waals surface area contributed by atoms with Crippen LogP contribution in [-0.4, -0.2) is 53.1 Å². The molecule has 0 radical (unpaired) electrons. The Bertz CT molecular complexity index is 479. The summed E-state index contributed by atoms with van der Waals surface area (Å²) in [6, 6.07) is 4.94. The quantitative estimate of drug-likeness (QED) is 0.709. The second kappa shape index (κ2) is 4.15. The number of carbonyl (C=O) groups excluding carboxylic acids is 1. The number of nitrogens with zero attached hydrogens (tertiary/aromatic N) is 1. The molecule has 2 atom stereocenters. The van der Waals surface area contributed by atoms with Gasteiger partial charge in [-0.1, -0.05) is 0 Å². The second-order valence-electron chi connectivity index (χ2n) is 4.41. The van der Waals surface area contributed by atoms with Gasteiger partial charge in [0.15, 0.2) is 11.5 Å². The highest BCUT2D eigenvalue weighted by molar-refractivity contribution is 5.95. The summed E-state index contributed by atoms with van der Waals surface area (Å²) >= 11 is 0. The first-order valence-electron chi connectivity index (χ1n) is 5.70. The Morgan fingerprint density at radius 2 is 1.83 bits per heavy atom. The largest absolute Gasteiger partial charge is 0.454 e. The third-order valence-corrected chi connectivity index (χ3v) is 3.17. The molecule has 0 unspecified atom stereocenters. The summed E-state index contributed by atoms with van der Waals surface area (Å²) in [7, 11) is 0. The summed E-state index contributed by atoms with van der Waals surface area (Å²) in [5.41, 5.74) is 0.459. The average Bonchev–Trinajstić information content (AvgIpc) is 2.95. The smallest absolute Gasteiger partial charge is 0.254 e. The zero-order valence-electron chi connectivity index (χ0n) is 9.57. The van der Waals surface area contributed by atoms with Crippen molar-refractivity contribution in [3.63, 3.8) is 0 Å². The number of aliphatic hydroxyl groups excluding tert-OH is 2. The number of ether oxygens (including phenoxy) is 2. The van der Waals surface area contributed by atoms with Crippen LogP contribution in [0.2, 0.25) is 0 Å². The lowest BCUT2D eigenvalue weighted by Crippen LogP contribution is -2.29. The Hall–Kier alpha value is -1.79. The van der Waals surface area contributed by atoms with Gasteiger partial charge in [-0.3, -0.25) is 4.79 Å². The highest BCUT2D eigenvalue weighted by Gasteiger charge is 2.33. The van der Waals surface area contributed by atoms with E-state index in [-0.39, 0.29) is 25.8 Å². The SMILES string of the molecule is O=C(c1ccc2c(c1)OCO2)N1C[C@@H](O)[C@@H](O)C1. The van der Waals surface area contributed by atoms with Gasteiger partial charge in [-0.05, 0) is 18.2 Å². The normalized spacial score (nSPS) is 25.6. The third-order valence-electron chi connectivity index (χ3n) is 3.17. The van der Waals surface area contributed by atoms with Gasteiger partial charge in [0, 0.05) is 18.7 Å². The minimum atomic E-state index is -0.872. The van der Waals surface area contributed by atoms with Crippen molar-refractivity contribution in [3.8, 4) is 11.5 Å². The lowest BCUT2D eigenvalue weighted by atomic mass is 10.2. The molecule has 1 aromatic rings. The number of amides is 1. The molecule has 0 bridgehead atoms. The van der Waals surface area contributed by atoms with Gasteiger partial charge in [-0.15, -0.1) is 0 Å². The maximum atomic E-state index is 12.1. The standard InChI is InChI=1S/C12H13NO5/c14-8-4-13(5-9(8)15)12(16)7-1-2-10-11(3-7)18-6-17-10/h1-3,8-9,14-15H,4-6H2/t8-,9+. The molecule has 2 N–H and O–H groups in total. The number of benzene rings is 1. The molecule has 0 aliphatic carbocycles. The molecule has 2 heterocycles. The molecule has 1 saturated heterocycles. The Labute approximate surface area is 103 Å². The van der Waals surface area contributed by atoms with Gasteiger partial charge < -0.3 is 24.6 Å². The van der Waals surface area contributed by atoms with Gasteiger partial charge in [-0.2, -0.15) is 0 Å². The van der Waals surface area contributed by atoms with Gasteiger partial charge in [0.05, 0.1) is 12.2 Å². The number of hydrogen-bond acceptors (Lipinski definition) is 5. The lowest BCUT2D eigenvalue weighted by molar-refractivity contribution is 0.0572. The van der Waals surface area contributed by atoms with Crippen LogP contribution in [0.3, 0.4) is 0 Å². The highest BCUT2D eigenvalue weighted by atomic mass is 16.7. The molecule has 6 heteroatoms. The molecule has 1 aromatic carbocycles. The molecule has 3 rings (SSSR count). The molecule has 1 amide bonds. The summed E-state index contributed by atoms with van der Waals surface area (Å²) in [5.74, 6) is 0.929. The van der Waals surface area contributed by atoms with E-state index in [1.165, 1.54) is 4.90 Å². The van der Waals surface area contributed by atoms with E-state index in [1.54, 1.807) is 18.2 Å². The maximum absolute atomic E-state index is 12.1. The topological polar surface area (TPSA) is 79.2 Å². The van der Waals surface area contributed by atoms with E-state index in [0.717, 1.165) is 0 Å². The van der Waals surface area contributed by atoms with Crippen LogP contribution in [0.5, 0.6) is 11.5 Å². The van der Waals surface area contributed by atoms with E-state index < -0.39 is 12.2 Å². The molecule has 6 nitrogen and oxygen atoms in total. The van der Waals surface area contributed by atoms with Crippen LogP contribution in [0.15, 0.2) is 18.2 Å². The maximum Gasteiger partial charge on any atom is 0.254 e. The van der Waals surface area contributed by atoms with E-state index in [1.807, 2.05) is 0 Å². The minimum absolute atomic E-state index is 0.147. The van der Waals surface area contributed by atoms with Gasteiger partial charge >= 0.3 is 0 Å². The van der Waals surface area contributed by atoms with Crippen molar-refractivity contribution in [3.05, 3.63) is 23.8 Å². The van der Waals surface area contributed by atoms with Gasteiger partial charge in [0.1, 0.15) is 0 Å². The average molecular weight is 251 g/mol. The first-order chi connectivity index (χ1) is 8.65. The van der Waals surface area contributed by atoms with Crippen LogP contribution in [0.4, 0.5) is 0 Å². The molecule has 0 aromatic heterocycles. The van der Waals surface area contributed by atoms with Gasteiger partial charge in [0.25, 0.3) is 5.91 Å². The number of rotatable bonds is 1. The zero-order chi connectivity index (χ0) is 12.7. The Morgan fingerprint density at radius 1 is 1.17 bits per heavy atom. The van der Waals surface area contributed by atoms with Crippen LogP contribution in [0.1, 0.15) is 10.4 Å². The van der Waals surface area contributed by atoms with E-state index in [9.17, 15) is 15.0 Å². The molecule has 2 aliphatic heterocycles. The predicted octanol–water partition coefficient (Wildman–Crippen LogP) is -0.407. The summed E-state index contributed by atoms with van der Waals surface area (Å²) in [4.78, 5) is 13.6. The molecule has 2 aliphatic rings. The van der Waals surface area contributed by atoms with Crippen LogP contribution < -0.4 is 9.47 Å². The Morgan fingerprint density at radius 3 is 2.56 bits per heavy atom. The molecule has 18 heavy (non-hydrogen) atoms. The molecular weight excluding hydrogens is 238 g/mol. The summed E-state index contributed by atoms with van der Waals surface area (Å²) in [5, 5.41) is 18.9. The number of β-amino-alcohol motifs (C(OH)–C–C–N with tert-alkyl or cyclic N) is 2. The lowest BCUT2D eigenvalue weighted by Gasteiger charge is -2.15. The molecule has 0 spiro atoms. The van der Waals surface area contributed by atoms with Gasteiger partial charge in [0.2, 0.25) is 6.79 Å². The second-order valence-corrected chi connectivity index (χ2v) is 4.41. The van der Waals surface area contributed by atoms with Crippen molar-refractivity contribution in [2.45, 2.75) is 12.2 Å². The number of fused-ring (bicyclic) bond motifs is 1. The number of aliphatic hydroxyl groups is 2. The molecule has 0 saturated carbocycles. The zero-order valence-corrected chi connectivity index (χ0v) is 9.57. The van der Waals surface area contributed by atoms with Crippen LogP contribution in [-0.2, 0) is 0 Å². The predicted molar refractivity (Wildman–Crippen MR) is 60.5 cm³/mol. The van der Waals surface area contributed by atoms with E-state index in [2.05, 4.69) is 0 Å². The van der Waals surface area contributed by atoms with Crippen LogP contribution >= 0.6 is 0 Å². The van der Waals surface area contributed by atoms with Crippen LogP contribution in [0, 0.1) is 0 Å². The first kappa shape index (κ1) is 11.3. The third kappa shape index (κ3) is 1.79. The fourth-order valence-corrected chi connectivity index (χ4v) is 2.15. The van der Waals surface area contributed by atoms with Crippen molar-refractivity contribution in [2.75, 3.05) is 19.9 Å². The van der Waals surface area contributed by atoms with Crippen LogP contribution in [0.25, 0.3) is 0 Å². The van der Waals surface area contributed by atoms with Gasteiger partial charge in [-0.25, -0.2) is 0 Å². The Kier molecular flexibility index (Phi) is 2.61. The van der Waals surface area contributed by atoms with Crippen molar-refractivity contribution in [1.82, 2.24) is 4.90 Å². The number of hydrogen-bond donors (Lipinski definition) is 2. The Balaban J connectivity index is 1.81. The molecule has 1 fully saturated rings. The fraction of sp³-hybridized carbons (Fsp3) is 0.417. The summed E-state index contributed by atoms with van der Waals surface area (Å²) in [6.45, 7) is 0.455. The van der Waals surface area contributed by atoms with E-state index >= 15 is 0 Å². The van der Waals surface area contributed by atoms with E-state index in [0.29, 0.717) is 17.1 Å². The van der Waals surface area contributed by atoms with Crippen molar-refractivity contribution in [2.24, 2.45) is 0 Å². The monoisotopic (exact) mass is 251 g/mol. The van der Waals surface area contributed by atoms with Crippen molar-refractivity contribution in [1.29, 1.82) is 0 Å². The summed E-state index contributed by atoms with van der Waals surface area (Å²) in [6.07, 6.45) is -1.74. The summed E-state index contributed by atoms with van der Waals surface area (Å²) < 4.78 is 10.4. The molecular formula is C12H13NO5. The number of carbonyl (C=O) groups is 1. The van der Waals surface area contributed by atoms with Crippen molar-refractivity contribution < 1.29 is 24.5 Å². The fourth-order valence-electron chi connectivity index (χ4n) is 2.15. The minimum Gasteiger partial charge on any atom is -0.454 e. The van der Waals surface area contributed by atoms with Crippen molar-refractivity contribution >= 4 is 5.91 Å². The highest BCUT2D eigenvalue weighted by Crippen LogP contribution is 2.33. The first-order valence-corrected chi connectivity index (χ1v) is 5.70.